The van der Waals surface area contributed by atoms with Crippen molar-refractivity contribution in [2.45, 2.75) is 13.1 Å². The number of aromatic nitrogens is 1. The van der Waals surface area contributed by atoms with Crippen molar-refractivity contribution in [3.8, 4) is 6.07 Å². The van der Waals surface area contributed by atoms with Gasteiger partial charge in [0, 0.05) is 60.2 Å². The standard InChI is InChI=1S/C45H28N3O2Si/c1-51(2)30-17-15-28(16-18-30)47(27-13-11-26(25-46)12-14-27)29-23-37-33-19-21-35-31-7-3-5-9-39(31)49-44(35)42(33)48-41(37)38(24-29)34-20-22-36-32-8-4-6-10-40(32)50-45(36)43(34)48/h3-24H,1-2H3/q+1. The maximum absolute atomic E-state index is 9.61. The number of fused-ring (bicyclic) bond motifs is 14. The summed E-state index contributed by atoms with van der Waals surface area (Å²) in [7, 11) is -0.603. The third-order valence-electron chi connectivity index (χ3n) is 10.6. The average molecular weight is 671 g/mol. The number of anilines is 3. The minimum atomic E-state index is -0.603. The fourth-order valence-electron chi connectivity index (χ4n) is 8.24. The Balaban J connectivity index is 1.31. The Morgan fingerprint density at radius 3 is 1.51 bits per heavy atom. The molecule has 4 heterocycles. The van der Waals surface area contributed by atoms with E-state index in [1.807, 2.05) is 48.5 Å². The summed E-state index contributed by atoms with van der Waals surface area (Å²) in [6.07, 6.45) is 0. The Morgan fingerprint density at radius 2 is 1.00 bits per heavy atom. The zero-order valence-corrected chi connectivity index (χ0v) is 28.9. The highest BCUT2D eigenvalue weighted by Gasteiger charge is 2.27. The lowest BCUT2D eigenvalue weighted by Gasteiger charge is -2.26. The highest BCUT2D eigenvalue weighted by atomic mass is 28.3. The summed E-state index contributed by atoms with van der Waals surface area (Å²) in [6.45, 7) is 4.64. The van der Waals surface area contributed by atoms with Crippen LogP contribution in [0.5, 0.6) is 0 Å². The lowest BCUT2D eigenvalue weighted by molar-refractivity contribution is 0.670. The molecular formula is C45H28N3O2Si+. The van der Waals surface area contributed by atoms with E-state index in [0.29, 0.717) is 5.56 Å². The molecule has 0 saturated carbocycles. The minimum absolute atomic E-state index is 0.603. The van der Waals surface area contributed by atoms with Gasteiger partial charge in [-0.25, -0.2) is 0 Å². The zero-order valence-electron chi connectivity index (χ0n) is 27.9. The van der Waals surface area contributed by atoms with E-state index < -0.39 is 8.80 Å². The molecule has 7 aromatic carbocycles. The predicted octanol–water partition coefficient (Wildman–Crippen LogP) is 11.9. The molecule has 0 atom stereocenters. The first-order chi connectivity index (χ1) is 25.1. The molecule has 0 spiro atoms. The van der Waals surface area contributed by atoms with E-state index in [4.69, 9.17) is 8.83 Å². The van der Waals surface area contributed by atoms with E-state index in [9.17, 15) is 5.26 Å². The highest BCUT2D eigenvalue weighted by Crippen LogP contribution is 2.49. The number of hydrogen-bond acceptors (Lipinski definition) is 4. The average Bonchev–Trinajstić information content (AvgIpc) is 3.91. The van der Waals surface area contributed by atoms with Crippen molar-refractivity contribution in [2.75, 3.05) is 4.90 Å². The molecule has 4 aromatic heterocycles. The number of nitriles is 1. The van der Waals surface area contributed by atoms with Crippen LogP contribution in [0, 0.1) is 11.3 Å². The molecule has 11 rings (SSSR count). The Bertz CT molecular complexity index is 3070. The highest BCUT2D eigenvalue weighted by molar-refractivity contribution is 6.70. The second-order valence-electron chi connectivity index (χ2n) is 13.6. The lowest BCUT2D eigenvalue weighted by atomic mass is 10.0. The van der Waals surface area contributed by atoms with Gasteiger partial charge in [0.15, 0.2) is 11.2 Å². The Hall–Kier alpha value is -6.55. The molecule has 6 heteroatoms. The summed E-state index contributed by atoms with van der Waals surface area (Å²) in [4.78, 5) is 2.30. The first kappa shape index (κ1) is 28.3. The van der Waals surface area contributed by atoms with Gasteiger partial charge in [0.05, 0.1) is 46.5 Å². The molecule has 51 heavy (non-hydrogen) atoms. The van der Waals surface area contributed by atoms with Crippen LogP contribution in [0.4, 0.5) is 17.1 Å². The minimum Gasteiger partial charge on any atom is -0.454 e. The van der Waals surface area contributed by atoms with Gasteiger partial charge in [-0.3, -0.25) is 0 Å². The van der Waals surface area contributed by atoms with E-state index in [1.54, 1.807) is 0 Å². The van der Waals surface area contributed by atoms with Crippen LogP contribution in [0.15, 0.2) is 142 Å². The van der Waals surface area contributed by atoms with E-state index >= 15 is 0 Å². The van der Waals surface area contributed by atoms with Crippen molar-refractivity contribution in [3.63, 3.8) is 0 Å². The molecule has 11 aromatic rings. The topological polar surface area (TPSA) is 57.7 Å². The number of benzene rings is 7. The number of nitrogens with zero attached hydrogens (tertiary/aromatic N) is 3. The van der Waals surface area contributed by atoms with Crippen LogP contribution >= 0.6 is 0 Å². The van der Waals surface area contributed by atoms with Crippen molar-refractivity contribution in [1.82, 2.24) is 4.40 Å². The smallest absolute Gasteiger partial charge is 0.345 e. The van der Waals surface area contributed by atoms with Crippen LogP contribution < -0.4 is 10.1 Å². The Morgan fingerprint density at radius 1 is 0.510 bits per heavy atom. The first-order valence-corrected chi connectivity index (χ1v) is 19.7. The summed E-state index contributed by atoms with van der Waals surface area (Å²) >= 11 is 0. The molecule has 0 N–H and O–H groups in total. The predicted molar refractivity (Wildman–Crippen MR) is 212 cm³/mol. The lowest BCUT2D eigenvalue weighted by Crippen LogP contribution is -2.22. The fourth-order valence-corrected chi connectivity index (χ4v) is 9.07. The van der Waals surface area contributed by atoms with Crippen molar-refractivity contribution >= 4 is 113 Å². The van der Waals surface area contributed by atoms with Gasteiger partial charge in [0.25, 0.3) is 0 Å². The molecule has 0 unspecified atom stereocenters. The fraction of sp³-hybridized carbons (Fsp3) is 0.0444. The number of para-hydroxylation sites is 2. The van der Waals surface area contributed by atoms with E-state index in [2.05, 4.69) is 113 Å². The molecule has 0 radical (unpaired) electrons. The molecule has 0 aliphatic rings. The maximum atomic E-state index is 9.61. The summed E-state index contributed by atoms with van der Waals surface area (Å²) in [6, 6.07) is 49.2. The summed E-state index contributed by atoms with van der Waals surface area (Å²) in [5.41, 5.74) is 10.4. The molecule has 0 fully saturated rings. The molecule has 0 saturated heterocycles. The van der Waals surface area contributed by atoms with Crippen molar-refractivity contribution in [1.29, 1.82) is 5.26 Å². The zero-order chi connectivity index (χ0) is 34.0. The summed E-state index contributed by atoms with van der Waals surface area (Å²) in [5.74, 6) is 0. The van der Waals surface area contributed by atoms with Gasteiger partial charge >= 0.3 is 8.80 Å². The van der Waals surface area contributed by atoms with Crippen LogP contribution in [-0.2, 0) is 0 Å². The van der Waals surface area contributed by atoms with Crippen LogP contribution in [0.1, 0.15) is 5.56 Å². The number of furan rings is 2. The number of rotatable bonds is 4. The summed E-state index contributed by atoms with van der Waals surface area (Å²) < 4.78 is 15.8. The third-order valence-corrected chi connectivity index (χ3v) is 12.1. The first-order valence-electron chi connectivity index (χ1n) is 17.2. The van der Waals surface area contributed by atoms with Gasteiger partial charge in [0.2, 0.25) is 0 Å². The molecule has 5 nitrogen and oxygen atoms in total. The van der Waals surface area contributed by atoms with Crippen LogP contribution in [0.3, 0.4) is 0 Å². The Kier molecular flexibility index (Phi) is 5.68. The second kappa shape index (κ2) is 10.2. The van der Waals surface area contributed by atoms with Crippen molar-refractivity contribution in [2.24, 2.45) is 0 Å². The number of hydrogen-bond donors (Lipinski definition) is 0. The van der Waals surface area contributed by atoms with E-state index in [0.717, 1.165) is 99.0 Å². The summed E-state index contributed by atoms with van der Waals surface area (Å²) in [5, 5.41) is 19.9. The van der Waals surface area contributed by atoms with Gasteiger partial charge in [-0.05, 0) is 84.9 Å². The largest absolute Gasteiger partial charge is 0.454 e. The SMILES string of the molecule is C[Si+](C)c1ccc(N(c2ccc(C#N)cc2)c2cc3c4ccc5c6ccccc6oc5c4n4c3c(c2)c2ccc3c5ccccc5oc3c24)cc1. The molecule has 238 valence electrons. The molecule has 0 amide bonds. The van der Waals surface area contributed by atoms with Crippen LogP contribution in [0.25, 0.3) is 82.0 Å². The van der Waals surface area contributed by atoms with Crippen LogP contribution in [-0.4, -0.2) is 13.2 Å². The van der Waals surface area contributed by atoms with Gasteiger partial charge in [-0.1, -0.05) is 48.5 Å². The van der Waals surface area contributed by atoms with Crippen molar-refractivity contribution in [3.05, 3.63) is 139 Å². The third kappa shape index (κ3) is 3.84. The van der Waals surface area contributed by atoms with E-state index in [1.165, 1.54) is 5.19 Å². The second-order valence-corrected chi connectivity index (χ2v) is 16.2. The van der Waals surface area contributed by atoms with Gasteiger partial charge in [-0.2, -0.15) is 5.26 Å². The quantitative estimate of drug-likeness (QED) is 0.175. The van der Waals surface area contributed by atoms with Crippen LogP contribution in [0.2, 0.25) is 13.1 Å². The van der Waals surface area contributed by atoms with Crippen molar-refractivity contribution < 1.29 is 8.83 Å². The maximum Gasteiger partial charge on any atom is 0.345 e. The normalized spacial score (nSPS) is 12.1. The molecule has 0 aliphatic carbocycles. The molecule has 0 bridgehead atoms. The van der Waals surface area contributed by atoms with Gasteiger partial charge in [-0.15, -0.1) is 0 Å². The molecular weight excluding hydrogens is 643 g/mol. The van der Waals surface area contributed by atoms with Gasteiger partial charge in [0.1, 0.15) is 11.2 Å². The van der Waals surface area contributed by atoms with Gasteiger partial charge < -0.3 is 18.1 Å². The van der Waals surface area contributed by atoms with E-state index in [-0.39, 0.29) is 0 Å². The Labute approximate surface area is 293 Å². The monoisotopic (exact) mass is 670 g/mol. The molecule has 0 aliphatic heterocycles.